The molecule has 5 rings (SSSR count). The summed E-state index contributed by atoms with van der Waals surface area (Å²) in [6.45, 7) is 4.46. The number of anilines is 1. The van der Waals surface area contributed by atoms with E-state index in [1.807, 2.05) is 36.2 Å². The van der Waals surface area contributed by atoms with Gasteiger partial charge in [0.05, 0.1) is 46.3 Å². The van der Waals surface area contributed by atoms with Crippen LogP contribution in [-0.4, -0.2) is 80.8 Å². The highest BCUT2D eigenvalue weighted by Crippen LogP contribution is 2.36. The molecule has 0 saturated carbocycles. The molecule has 0 spiro atoms. The Hall–Kier alpha value is -3.30. The van der Waals surface area contributed by atoms with Crippen LogP contribution in [-0.2, 0) is 22.6 Å². The van der Waals surface area contributed by atoms with Crippen LogP contribution < -0.4 is 14.4 Å². The van der Waals surface area contributed by atoms with Crippen LogP contribution in [0.3, 0.4) is 0 Å². The van der Waals surface area contributed by atoms with Crippen molar-refractivity contribution in [3.05, 3.63) is 47.9 Å². The number of pyridine rings is 1. The summed E-state index contributed by atoms with van der Waals surface area (Å²) in [7, 11) is 5.35. The lowest BCUT2D eigenvalue weighted by atomic mass is 10.0. The molecule has 3 aromatic rings. The quantitative estimate of drug-likeness (QED) is 0.456. The maximum Gasteiger partial charge on any atom is 0.240 e. The van der Waals surface area contributed by atoms with Gasteiger partial charge in [0.2, 0.25) is 5.91 Å². The highest BCUT2D eigenvalue weighted by atomic mass is 16.5. The van der Waals surface area contributed by atoms with Gasteiger partial charge in [0.15, 0.2) is 0 Å². The Morgan fingerprint density at radius 3 is 2.57 bits per heavy atom. The summed E-state index contributed by atoms with van der Waals surface area (Å²) in [6, 6.07) is 9.51. The number of ether oxygens (including phenoxy) is 3. The van der Waals surface area contributed by atoms with Crippen LogP contribution in [0.1, 0.15) is 30.6 Å². The molecule has 0 aliphatic carbocycles. The lowest BCUT2D eigenvalue weighted by molar-refractivity contribution is -0.139. The van der Waals surface area contributed by atoms with Crippen molar-refractivity contribution in [2.75, 3.05) is 59.0 Å². The third-order valence-electron chi connectivity index (χ3n) is 7.37. The SMILES string of the molecule is COc1ccc(OC)c2nc(N3CCOCC3)c(CN(Cc3ccco3)C(=O)C3CCCCN3C)cc12. The molecule has 2 saturated heterocycles. The van der Waals surface area contributed by atoms with Crippen molar-refractivity contribution in [1.29, 1.82) is 0 Å². The Bertz CT molecular complexity index is 1210. The summed E-state index contributed by atoms with van der Waals surface area (Å²) in [4.78, 5) is 25.4. The van der Waals surface area contributed by atoms with Crippen molar-refractivity contribution in [1.82, 2.24) is 14.8 Å². The van der Waals surface area contributed by atoms with Gasteiger partial charge in [0.25, 0.3) is 0 Å². The van der Waals surface area contributed by atoms with Gasteiger partial charge in [-0.25, -0.2) is 4.98 Å². The monoisotopic (exact) mass is 508 g/mol. The first-order valence-electron chi connectivity index (χ1n) is 13.0. The molecular weight excluding hydrogens is 472 g/mol. The number of carbonyl (C=O) groups is 1. The molecule has 0 N–H and O–H groups in total. The first kappa shape index (κ1) is 25.4. The van der Waals surface area contributed by atoms with Crippen molar-refractivity contribution in [3.8, 4) is 11.5 Å². The Labute approximate surface area is 217 Å². The maximum atomic E-state index is 14.0. The Morgan fingerprint density at radius 2 is 1.86 bits per heavy atom. The molecular formula is C28H36N4O5. The van der Waals surface area contributed by atoms with Crippen LogP contribution in [0.25, 0.3) is 10.9 Å². The number of likely N-dealkylation sites (tertiary alicyclic amines) is 1. The first-order valence-corrected chi connectivity index (χ1v) is 13.0. The molecule has 1 aromatic carbocycles. The van der Waals surface area contributed by atoms with Crippen molar-refractivity contribution in [3.63, 3.8) is 0 Å². The topological polar surface area (TPSA) is 80.5 Å². The van der Waals surface area contributed by atoms with E-state index in [0.717, 1.165) is 66.9 Å². The molecule has 2 aromatic heterocycles. The highest BCUT2D eigenvalue weighted by Gasteiger charge is 2.31. The van der Waals surface area contributed by atoms with Crippen LogP contribution in [0, 0.1) is 0 Å². The fourth-order valence-electron chi connectivity index (χ4n) is 5.35. The third kappa shape index (κ3) is 5.38. The standard InChI is InChI=1S/C28H36N4O5/c1-30-11-5-4-8-23(30)28(33)32(19-21-7-6-14-37-21)18-20-17-22-24(34-2)9-10-25(35-3)26(22)29-27(20)31-12-15-36-16-13-31/h6-7,9-10,14,17,23H,4-5,8,11-13,15-16,18-19H2,1-3H3. The number of benzene rings is 1. The van der Waals surface area contributed by atoms with E-state index < -0.39 is 0 Å². The van der Waals surface area contributed by atoms with Crippen LogP contribution in [0.4, 0.5) is 5.82 Å². The average Bonchev–Trinajstić information content (AvgIpc) is 3.45. The molecule has 2 aliphatic heterocycles. The van der Waals surface area contributed by atoms with Gasteiger partial charge in [-0.1, -0.05) is 6.42 Å². The zero-order valence-corrected chi connectivity index (χ0v) is 21.9. The first-order chi connectivity index (χ1) is 18.1. The van der Waals surface area contributed by atoms with E-state index in [4.69, 9.17) is 23.6 Å². The van der Waals surface area contributed by atoms with E-state index in [9.17, 15) is 4.79 Å². The number of rotatable bonds is 8. The van der Waals surface area contributed by atoms with Gasteiger partial charge >= 0.3 is 0 Å². The molecule has 37 heavy (non-hydrogen) atoms. The van der Waals surface area contributed by atoms with Crippen LogP contribution in [0.5, 0.6) is 11.5 Å². The van der Waals surface area contributed by atoms with Crippen molar-refractivity contribution >= 4 is 22.6 Å². The number of amides is 1. The van der Waals surface area contributed by atoms with E-state index >= 15 is 0 Å². The number of carbonyl (C=O) groups excluding carboxylic acids is 1. The molecule has 0 radical (unpaired) electrons. The Morgan fingerprint density at radius 1 is 1.08 bits per heavy atom. The smallest absolute Gasteiger partial charge is 0.240 e. The molecule has 9 nitrogen and oxygen atoms in total. The van der Waals surface area contributed by atoms with Crippen LogP contribution in [0.15, 0.2) is 41.0 Å². The van der Waals surface area contributed by atoms with Crippen LogP contribution in [0.2, 0.25) is 0 Å². The average molecular weight is 509 g/mol. The molecule has 4 heterocycles. The van der Waals surface area contributed by atoms with E-state index in [1.165, 1.54) is 0 Å². The fourth-order valence-corrected chi connectivity index (χ4v) is 5.35. The zero-order chi connectivity index (χ0) is 25.8. The number of morpholine rings is 1. The summed E-state index contributed by atoms with van der Waals surface area (Å²) in [5.41, 5.74) is 1.70. The summed E-state index contributed by atoms with van der Waals surface area (Å²) < 4.78 is 22.6. The highest BCUT2D eigenvalue weighted by molar-refractivity contribution is 5.92. The number of nitrogens with zero attached hydrogens (tertiary/aromatic N) is 4. The molecule has 0 bridgehead atoms. The van der Waals surface area contributed by atoms with Gasteiger partial charge in [0.1, 0.15) is 28.6 Å². The Balaban J connectivity index is 1.58. The van der Waals surface area contributed by atoms with Crippen molar-refractivity contribution in [2.24, 2.45) is 0 Å². The molecule has 2 aliphatic rings. The molecule has 1 unspecified atom stereocenters. The number of hydrogen-bond donors (Lipinski definition) is 0. The number of furan rings is 1. The lowest BCUT2D eigenvalue weighted by Crippen LogP contribution is -2.49. The van der Waals surface area contributed by atoms with Gasteiger partial charge in [-0.15, -0.1) is 0 Å². The van der Waals surface area contributed by atoms with Crippen molar-refractivity contribution < 1.29 is 23.4 Å². The minimum Gasteiger partial charge on any atom is -0.496 e. The Kier molecular flexibility index (Phi) is 7.81. The minimum absolute atomic E-state index is 0.115. The van der Waals surface area contributed by atoms with E-state index in [-0.39, 0.29) is 11.9 Å². The zero-order valence-electron chi connectivity index (χ0n) is 21.9. The van der Waals surface area contributed by atoms with Gasteiger partial charge in [-0.05, 0) is 56.8 Å². The van der Waals surface area contributed by atoms with E-state index in [1.54, 1.807) is 20.5 Å². The second-order valence-electron chi connectivity index (χ2n) is 9.70. The summed E-state index contributed by atoms with van der Waals surface area (Å²) in [5, 5.41) is 0.856. The molecule has 198 valence electrons. The predicted octanol–water partition coefficient (Wildman–Crippen LogP) is 3.69. The molecule has 9 heteroatoms. The number of likely N-dealkylation sites (N-methyl/N-ethyl adjacent to an activating group) is 1. The van der Waals surface area contributed by atoms with E-state index in [2.05, 4.69) is 15.9 Å². The second kappa shape index (κ2) is 11.4. The largest absolute Gasteiger partial charge is 0.496 e. The van der Waals surface area contributed by atoms with Gasteiger partial charge in [0, 0.05) is 30.6 Å². The molecule has 1 amide bonds. The molecule has 2 fully saturated rings. The number of methoxy groups -OCH3 is 2. The second-order valence-corrected chi connectivity index (χ2v) is 9.70. The summed E-state index contributed by atoms with van der Waals surface area (Å²) in [5.74, 6) is 3.12. The van der Waals surface area contributed by atoms with Crippen molar-refractivity contribution in [2.45, 2.75) is 38.4 Å². The van der Waals surface area contributed by atoms with Gasteiger partial charge in [-0.3, -0.25) is 9.69 Å². The lowest BCUT2D eigenvalue weighted by Gasteiger charge is -2.36. The summed E-state index contributed by atoms with van der Waals surface area (Å²) in [6.07, 6.45) is 4.69. The number of fused-ring (bicyclic) bond motifs is 1. The predicted molar refractivity (Wildman–Crippen MR) is 141 cm³/mol. The molecule has 1 atom stereocenters. The third-order valence-corrected chi connectivity index (χ3v) is 7.37. The van der Waals surface area contributed by atoms with Gasteiger partial charge < -0.3 is 28.4 Å². The minimum atomic E-state index is -0.140. The number of hydrogen-bond acceptors (Lipinski definition) is 8. The maximum absolute atomic E-state index is 14.0. The number of piperidine rings is 1. The van der Waals surface area contributed by atoms with E-state index in [0.29, 0.717) is 37.8 Å². The summed E-state index contributed by atoms with van der Waals surface area (Å²) >= 11 is 0. The normalized spacial score (nSPS) is 18.7. The van der Waals surface area contributed by atoms with Gasteiger partial charge in [-0.2, -0.15) is 0 Å². The fraction of sp³-hybridized carbons (Fsp3) is 0.500. The van der Waals surface area contributed by atoms with Crippen LogP contribution >= 0.6 is 0 Å². The number of aromatic nitrogens is 1.